The molecule has 0 fully saturated rings. The van der Waals surface area contributed by atoms with Crippen molar-refractivity contribution < 1.29 is 4.79 Å². The van der Waals surface area contributed by atoms with Gasteiger partial charge in [-0.25, -0.2) is 0 Å². The van der Waals surface area contributed by atoms with Crippen molar-refractivity contribution in [3.63, 3.8) is 0 Å². The second kappa shape index (κ2) is 4.45. The highest BCUT2D eigenvalue weighted by Crippen LogP contribution is 2.18. The second-order valence-corrected chi connectivity index (χ2v) is 3.83. The quantitative estimate of drug-likeness (QED) is 0.741. The zero-order chi connectivity index (χ0) is 10.7. The largest absolute Gasteiger partial charge is 0.359 e. The molecule has 15 heavy (non-hydrogen) atoms. The Kier molecular flexibility index (Phi) is 3.02. The summed E-state index contributed by atoms with van der Waals surface area (Å²) in [6, 6.07) is 6.22. The van der Waals surface area contributed by atoms with Crippen LogP contribution < -0.4 is 10.6 Å². The lowest BCUT2D eigenvalue weighted by molar-refractivity contribution is -0.119. The van der Waals surface area contributed by atoms with E-state index in [-0.39, 0.29) is 5.91 Å². The van der Waals surface area contributed by atoms with Gasteiger partial charge in [-0.15, -0.1) is 0 Å². The fraction of sp³-hybridized carbons (Fsp3) is 0.417. The summed E-state index contributed by atoms with van der Waals surface area (Å²) in [5.74, 6) is 0.0851. The lowest BCUT2D eigenvalue weighted by Gasteiger charge is -2.20. The lowest BCUT2D eigenvalue weighted by Crippen LogP contribution is -2.26. The third-order valence-corrected chi connectivity index (χ3v) is 2.87. The predicted octanol–water partition coefficient (Wildman–Crippen LogP) is 0.621. The number of benzene rings is 1. The van der Waals surface area contributed by atoms with E-state index in [0.717, 1.165) is 19.5 Å². The Morgan fingerprint density at radius 1 is 1.53 bits per heavy atom. The number of carbonyl (C=O) groups is 1. The molecule has 80 valence electrons. The van der Waals surface area contributed by atoms with Gasteiger partial charge >= 0.3 is 0 Å². The Hall–Kier alpha value is -1.35. The highest BCUT2D eigenvalue weighted by atomic mass is 16.1. The molecule has 0 bridgehead atoms. The minimum Gasteiger partial charge on any atom is -0.359 e. The third kappa shape index (κ3) is 2.18. The molecule has 0 saturated carbocycles. The van der Waals surface area contributed by atoms with Crippen molar-refractivity contribution in [1.82, 2.24) is 10.6 Å². The Morgan fingerprint density at radius 3 is 3.20 bits per heavy atom. The molecular formula is C12H16N2O. The summed E-state index contributed by atoms with van der Waals surface area (Å²) in [6.07, 6.45) is 1.53. The van der Waals surface area contributed by atoms with Crippen LogP contribution in [0, 0.1) is 0 Å². The van der Waals surface area contributed by atoms with Crippen LogP contribution in [0.2, 0.25) is 0 Å². The number of carbonyl (C=O) groups excluding carboxylic acids is 1. The highest BCUT2D eigenvalue weighted by Gasteiger charge is 2.13. The van der Waals surface area contributed by atoms with Gasteiger partial charge in [-0.05, 0) is 29.7 Å². The smallest absolute Gasteiger partial charge is 0.224 e. The van der Waals surface area contributed by atoms with E-state index in [2.05, 4.69) is 22.8 Å². The van der Waals surface area contributed by atoms with Crippen LogP contribution in [0.15, 0.2) is 18.2 Å². The van der Waals surface area contributed by atoms with Crippen molar-refractivity contribution in [2.45, 2.75) is 19.4 Å². The fourth-order valence-corrected chi connectivity index (χ4v) is 2.04. The molecule has 1 aromatic carbocycles. The molecule has 1 aromatic rings. The van der Waals surface area contributed by atoms with Gasteiger partial charge in [-0.1, -0.05) is 18.2 Å². The van der Waals surface area contributed by atoms with E-state index in [1.54, 1.807) is 7.05 Å². The number of nitrogens with one attached hydrogen (secondary N) is 2. The highest BCUT2D eigenvalue weighted by molar-refractivity contribution is 5.78. The van der Waals surface area contributed by atoms with Crippen LogP contribution in [-0.4, -0.2) is 19.5 Å². The van der Waals surface area contributed by atoms with Crippen LogP contribution in [0.5, 0.6) is 0 Å². The minimum atomic E-state index is 0.0851. The molecule has 0 atom stereocenters. The standard InChI is InChI=1S/C12H16N2O/c1-13-12(15)7-9-3-2-4-10-8-14-6-5-11(9)10/h2-4,14H,5-8H2,1H3,(H,13,15). The zero-order valence-corrected chi connectivity index (χ0v) is 8.97. The molecule has 0 unspecified atom stereocenters. The average Bonchev–Trinajstić information content (AvgIpc) is 2.29. The van der Waals surface area contributed by atoms with E-state index in [4.69, 9.17) is 0 Å². The van der Waals surface area contributed by atoms with Crippen LogP contribution in [0.3, 0.4) is 0 Å². The maximum Gasteiger partial charge on any atom is 0.224 e. The third-order valence-electron chi connectivity index (χ3n) is 2.87. The van der Waals surface area contributed by atoms with Crippen molar-refractivity contribution in [3.05, 3.63) is 34.9 Å². The van der Waals surface area contributed by atoms with Crippen molar-refractivity contribution in [3.8, 4) is 0 Å². The predicted molar refractivity (Wildman–Crippen MR) is 59.6 cm³/mol. The summed E-state index contributed by atoms with van der Waals surface area (Å²) in [5.41, 5.74) is 3.87. The fourth-order valence-electron chi connectivity index (χ4n) is 2.04. The molecule has 1 aliphatic rings. The molecule has 1 amide bonds. The summed E-state index contributed by atoms with van der Waals surface area (Å²) in [7, 11) is 1.68. The molecule has 0 spiro atoms. The molecule has 3 heteroatoms. The Balaban J connectivity index is 2.27. The van der Waals surface area contributed by atoms with Crippen LogP contribution in [0.25, 0.3) is 0 Å². The summed E-state index contributed by atoms with van der Waals surface area (Å²) in [4.78, 5) is 11.3. The van der Waals surface area contributed by atoms with Gasteiger partial charge in [0, 0.05) is 13.6 Å². The maximum atomic E-state index is 11.3. The molecule has 3 nitrogen and oxygen atoms in total. The van der Waals surface area contributed by atoms with E-state index >= 15 is 0 Å². The van der Waals surface area contributed by atoms with Gasteiger partial charge in [0.25, 0.3) is 0 Å². The van der Waals surface area contributed by atoms with E-state index in [0.29, 0.717) is 6.42 Å². The molecule has 2 N–H and O–H groups in total. The Labute approximate surface area is 89.9 Å². The summed E-state index contributed by atoms with van der Waals surface area (Å²) in [6.45, 7) is 1.94. The Morgan fingerprint density at radius 2 is 2.40 bits per heavy atom. The van der Waals surface area contributed by atoms with Crippen molar-refractivity contribution in [2.75, 3.05) is 13.6 Å². The summed E-state index contributed by atoms with van der Waals surface area (Å²) in [5, 5.41) is 6.00. The number of rotatable bonds is 2. The molecule has 0 aromatic heterocycles. The van der Waals surface area contributed by atoms with E-state index in [1.807, 2.05) is 6.07 Å². The number of hydrogen-bond acceptors (Lipinski definition) is 2. The van der Waals surface area contributed by atoms with Gasteiger partial charge in [0.2, 0.25) is 5.91 Å². The summed E-state index contributed by atoms with van der Waals surface area (Å²) >= 11 is 0. The van der Waals surface area contributed by atoms with Gasteiger partial charge in [0.1, 0.15) is 0 Å². The molecule has 2 rings (SSSR count). The van der Waals surface area contributed by atoms with Crippen LogP contribution >= 0.6 is 0 Å². The van der Waals surface area contributed by atoms with E-state index < -0.39 is 0 Å². The number of hydrogen-bond donors (Lipinski definition) is 2. The number of fused-ring (bicyclic) bond motifs is 1. The van der Waals surface area contributed by atoms with Crippen molar-refractivity contribution >= 4 is 5.91 Å². The van der Waals surface area contributed by atoms with Crippen LogP contribution in [0.4, 0.5) is 0 Å². The molecule has 1 aliphatic heterocycles. The van der Waals surface area contributed by atoms with Gasteiger partial charge < -0.3 is 10.6 Å². The molecule has 0 saturated heterocycles. The van der Waals surface area contributed by atoms with Gasteiger partial charge in [0.05, 0.1) is 6.42 Å². The van der Waals surface area contributed by atoms with Crippen LogP contribution in [-0.2, 0) is 24.2 Å². The molecule has 0 aliphatic carbocycles. The SMILES string of the molecule is CNC(=O)Cc1cccc2c1CCNC2. The first-order valence-electron chi connectivity index (χ1n) is 5.32. The van der Waals surface area contributed by atoms with E-state index in [1.165, 1.54) is 16.7 Å². The molecule has 1 heterocycles. The maximum absolute atomic E-state index is 11.3. The first kappa shape index (κ1) is 10.2. The normalized spacial score (nSPS) is 14.5. The molecule has 0 radical (unpaired) electrons. The zero-order valence-electron chi connectivity index (χ0n) is 8.97. The summed E-state index contributed by atoms with van der Waals surface area (Å²) < 4.78 is 0. The minimum absolute atomic E-state index is 0.0851. The average molecular weight is 204 g/mol. The first-order chi connectivity index (χ1) is 7.31. The van der Waals surface area contributed by atoms with Gasteiger partial charge in [-0.3, -0.25) is 4.79 Å². The monoisotopic (exact) mass is 204 g/mol. The lowest BCUT2D eigenvalue weighted by atomic mass is 9.94. The molecular weight excluding hydrogens is 188 g/mol. The number of amides is 1. The number of likely N-dealkylation sites (N-methyl/N-ethyl adjacent to an activating group) is 1. The van der Waals surface area contributed by atoms with Crippen molar-refractivity contribution in [2.24, 2.45) is 0 Å². The van der Waals surface area contributed by atoms with Crippen LogP contribution in [0.1, 0.15) is 16.7 Å². The van der Waals surface area contributed by atoms with Crippen molar-refractivity contribution in [1.29, 1.82) is 0 Å². The van der Waals surface area contributed by atoms with E-state index in [9.17, 15) is 4.79 Å². The van der Waals surface area contributed by atoms with Gasteiger partial charge in [-0.2, -0.15) is 0 Å². The second-order valence-electron chi connectivity index (χ2n) is 3.83. The first-order valence-corrected chi connectivity index (χ1v) is 5.32. The van der Waals surface area contributed by atoms with Gasteiger partial charge in [0.15, 0.2) is 0 Å². The topological polar surface area (TPSA) is 41.1 Å². The Bertz CT molecular complexity index is 374.